The summed E-state index contributed by atoms with van der Waals surface area (Å²) in [4.78, 5) is 2.33. The average Bonchev–Trinajstić information content (AvgIpc) is 2.26. The van der Waals surface area contributed by atoms with E-state index < -0.39 is 0 Å². The Kier molecular flexibility index (Phi) is 4.20. The first-order valence-corrected chi connectivity index (χ1v) is 7.00. The van der Waals surface area contributed by atoms with Crippen LogP contribution in [-0.4, -0.2) is 37.7 Å². The first-order chi connectivity index (χ1) is 9.05. The minimum Gasteiger partial charge on any atom is -0.494 e. The summed E-state index contributed by atoms with van der Waals surface area (Å²) >= 11 is 0. The van der Waals surface area contributed by atoms with E-state index in [4.69, 9.17) is 10.5 Å². The number of hydrogen-bond donors (Lipinski definition) is 2. The second-order valence-corrected chi connectivity index (χ2v) is 5.55. The number of hydrogen-bond acceptors (Lipinski definition) is 4. The molecule has 0 bridgehead atoms. The predicted molar refractivity (Wildman–Crippen MR) is 80.8 cm³/mol. The molecule has 0 heterocycles. The Morgan fingerprint density at radius 2 is 2.05 bits per heavy atom. The topological polar surface area (TPSA) is 50.5 Å². The molecule has 0 atom stereocenters. The first-order valence-electron chi connectivity index (χ1n) is 7.00. The van der Waals surface area contributed by atoms with Crippen LogP contribution in [0.3, 0.4) is 0 Å². The summed E-state index contributed by atoms with van der Waals surface area (Å²) in [6.45, 7) is 3.59. The Hall–Kier alpha value is -1.42. The van der Waals surface area contributed by atoms with Crippen molar-refractivity contribution in [1.82, 2.24) is 4.90 Å². The zero-order valence-corrected chi connectivity index (χ0v) is 12.2. The lowest BCUT2D eigenvalue weighted by Crippen LogP contribution is -2.54. The minimum absolute atomic E-state index is 0.302. The van der Waals surface area contributed by atoms with Gasteiger partial charge >= 0.3 is 0 Å². The number of anilines is 2. The molecule has 1 aliphatic rings. The molecule has 2 rings (SSSR count). The van der Waals surface area contributed by atoms with Gasteiger partial charge in [-0.2, -0.15) is 0 Å². The Labute approximate surface area is 115 Å². The van der Waals surface area contributed by atoms with E-state index >= 15 is 0 Å². The average molecular weight is 263 g/mol. The molecule has 1 aliphatic carbocycles. The zero-order chi connectivity index (χ0) is 13.9. The molecule has 0 unspecified atom stereocenters. The van der Waals surface area contributed by atoms with Gasteiger partial charge in [-0.05, 0) is 46.3 Å². The third-order valence-electron chi connectivity index (χ3n) is 4.09. The van der Waals surface area contributed by atoms with Gasteiger partial charge in [-0.15, -0.1) is 0 Å². The van der Waals surface area contributed by atoms with E-state index in [9.17, 15) is 0 Å². The lowest BCUT2D eigenvalue weighted by molar-refractivity contribution is 0.0739. The monoisotopic (exact) mass is 263 g/mol. The van der Waals surface area contributed by atoms with Gasteiger partial charge in [0, 0.05) is 35.6 Å². The molecular weight excluding hydrogens is 238 g/mol. The van der Waals surface area contributed by atoms with Crippen molar-refractivity contribution in [2.45, 2.75) is 31.7 Å². The fourth-order valence-corrected chi connectivity index (χ4v) is 2.61. The third kappa shape index (κ3) is 3.13. The van der Waals surface area contributed by atoms with Crippen molar-refractivity contribution in [1.29, 1.82) is 0 Å². The van der Waals surface area contributed by atoms with Gasteiger partial charge in [0.2, 0.25) is 0 Å². The van der Waals surface area contributed by atoms with E-state index in [2.05, 4.69) is 24.3 Å². The molecule has 0 spiro atoms. The molecule has 0 aromatic heterocycles. The summed E-state index contributed by atoms with van der Waals surface area (Å²) in [5, 5.41) is 3.51. The maximum Gasteiger partial charge on any atom is 0.123 e. The second kappa shape index (κ2) is 5.70. The largest absolute Gasteiger partial charge is 0.494 e. The molecule has 0 saturated heterocycles. The van der Waals surface area contributed by atoms with Gasteiger partial charge in [-0.1, -0.05) is 0 Å². The summed E-state index contributed by atoms with van der Waals surface area (Å²) in [6.07, 6.45) is 3.84. The van der Waals surface area contributed by atoms with Crippen molar-refractivity contribution < 1.29 is 4.74 Å². The third-order valence-corrected chi connectivity index (χ3v) is 4.09. The number of nitrogens with two attached hydrogens (primary N) is 1. The normalized spacial score (nSPS) is 17.1. The van der Waals surface area contributed by atoms with E-state index in [0.717, 1.165) is 23.7 Å². The molecule has 3 N–H and O–H groups in total. The molecule has 4 heteroatoms. The van der Waals surface area contributed by atoms with E-state index in [-0.39, 0.29) is 0 Å². The smallest absolute Gasteiger partial charge is 0.123 e. The number of nitrogens with one attached hydrogen (secondary N) is 1. The molecular formula is C15H25N3O. The lowest BCUT2D eigenvalue weighted by Gasteiger charge is -2.47. The Morgan fingerprint density at radius 1 is 1.32 bits per heavy atom. The molecule has 4 nitrogen and oxygen atoms in total. The number of benzene rings is 1. The van der Waals surface area contributed by atoms with E-state index in [0.29, 0.717) is 12.1 Å². The van der Waals surface area contributed by atoms with Gasteiger partial charge in [0.1, 0.15) is 5.75 Å². The van der Waals surface area contributed by atoms with Crippen molar-refractivity contribution in [3.8, 4) is 5.75 Å². The number of nitrogen functional groups attached to an aromatic ring is 1. The van der Waals surface area contributed by atoms with E-state index in [1.54, 1.807) is 0 Å². The van der Waals surface area contributed by atoms with Crippen LogP contribution < -0.4 is 15.8 Å². The summed E-state index contributed by atoms with van der Waals surface area (Å²) in [5.41, 5.74) is 7.98. The SMILES string of the molecule is CCOc1cc(N)cc(NCC2(N(C)C)CCC2)c1. The van der Waals surface area contributed by atoms with Crippen molar-refractivity contribution in [2.75, 3.05) is 38.3 Å². The first kappa shape index (κ1) is 14.0. The Balaban J connectivity index is 2.02. The molecule has 1 fully saturated rings. The minimum atomic E-state index is 0.302. The highest BCUT2D eigenvalue weighted by atomic mass is 16.5. The molecule has 0 amide bonds. The highest BCUT2D eigenvalue weighted by molar-refractivity contribution is 5.59. The molecule has 1 saturated carbocycles. The van der Waals surface area contributed by atoms with Crippen LogP contribution in [0.25, 0.3) is 0 Å². The fourth-order valence-electron chi connectivity index (χ4n) is 2.61. The Morgan fingerprint density at radius 3 is 2.58 bits per heavy atom. The number of likely N-dealkylation sites (N-methyl/N-ethyl adjacent to an activating group) is 1. The Bertz CT molecular complexity index is 427. The van der Waals surface area contributed by atoms with E-state index in [1.165, 1.54) is 19.3 Å². The van der Waals surface area contributed by atoms with Crippen LogP contribution in [-0.2, 0) is 0 Å². The van der Waals surface area contributed by atoms with Crippen LogP contribution in [0.2, 0.25) is 0 Å². The molecule has 1 aromatic rings. The van der Waals surface area contributed by atoms with Crippen molar-refractivity contribution in [2.24, 2.45) is 0 Å². The lowest BCUT2D eigenvalue weighted by atomic mass is 9.75. The summed E-state index contributed by atoms with van der Waals surface area (Å²) in [5.74, 6) is 0.831. The number of ether oxygens (including phenoxy) is 1. The highest BCUT2D eigenvalue weighted by Crippen LogP contribution is 2.36. The molecule has 19 heavy (non-hydrogen) atoms. The van der Waals surface area contributed by atoms with Gasteiger partial charge in [0.25, 0.3) is 0 Å². The van der Waals surface area contributed by atoms with Crippen LogP contribution >= 0.6 is 0 Å². The maximum atomic E-state index is 5.90. The molecule has 0 aliphatic heterocycles. The van der Waals surface area contributed by atoms with Gasteiger partial charge in [0.05, 0.1) is 6.61 Å². The highest BCUT2D eigenvalue weighted by Gasteiger charge is 2.38. The predicted octanol–water partition coefficient (Wildman–Crippen LogP) is 2.56. The van der Waals surface area contributed by atoms with Crippen LogP contribution in [0.1, 0.15) is 26.2 Å². The summed E-state index contributed by atoms with van der Waals surface area (Å²) in [7, 11) is 4.32. The van der Waals surface area contributed by atoms with Gasteiger partial charge in [-0.25, -0.2) is 0 Å². The fraction of sp³-hybridized carbons (Fsp3) is 0.600. The summed E-state index contributed by atoms with van der Waals surface area (Å²) in [6, 6.07) is 5.84. The van der Waals surface area contributed by atoms with Crippen LogP contribution in [0, 0.1) is 0 Å². The number of nitrogens with zero attached hydrogens (tertiary/aromatic N) is 1. The maximum absolute atomic E-state index is 5.90. The van der Waals surface area contributed by atoms with Gasteiger partial charge < -0.3 is 20.7 Å². The molecule has 1 aromatic carbocycles. The second-order valence-electron chi connectivity index (χ2n) is 5.55. The van der Waals surface area contributed by atoms with Crippen LogP contribution in [0.5, 0.6) is 5.75 Å². The standard InChI is InChI=1S/C15H25N3O/c1-4-19-14-9-12(16)8-13(10-14)17-11-15(18(2)3)6-5-7-15/h8-10,17H,4-7,11,16H2,1-3H3. The van der Waals surface area contributed by atoms with Gasteiger partial charge in [0.15, 0.2) is 0 Å². The van der Waals surface area contributed by atoms with Crippen molar-refractivity contribution in [3.05, 3.63) is 18.2 Å². The summed E-state index contributed by atoms with van der Waals surface area (Å²) < 4.78 is 5.52. The van der Waals surface area contributed by atoms with Crippen LogP contribution in [0.15, 0.2) is 18.2 Å². The number of rotatable bonds is 6. The zero-order valence-electron chi connectivity index (χ0n) is 12.2. The van der Waals surface area contributed by atoms with Gasteiger partial charge in [-0.3, -0.25) is 0 Å². The molecule has 106 valence electrons. The quantitative estimate of drug-likeness (QED) is 0.775. The van der Waals surface area contributed by atoms with Crippen molar-refractivity contribution in [3.63, 3.8) is 0 Å². The molecule has 0 radical (unpaired) electrons. The van der Waals surface area contributed by atoms with E-state index in [1.807, 2.05) is 25.1 Å². The van der Waals surface area contributed by atoms with Crippen LogP contribution in [0.4, 0.5) is 11.4 Å². The van der Waals surface area contributed by atoms with Crippen molar-refractivity contribution >= 4 is 11.4 Å².